The average molecular weight is 295 g/mol. The SMILES string of the molecule is NC(=O)NN=Cc1ccc(Br)c(Cl)c1F. The van der Waals surface area contributed by atoms with Crippen molar-refractivity contribution in [3.8, 4) is 0 Å². The van der Waals surface area contributed by atoms with Gasteiger partial charge in [0, 0.05) is 10.0 Å². The molecule has 0 spiro atoms. The van der Waals surface area contributed by atoms with E-state index in [0.717, 1.165) is 6.21 Å². The lowest BCUT2D eigenvalue weighted by Crippen LogP contribution is -2.24. The zero-order valence-corrected chi connectivity index (χ0v) is 9.64. The normalized spacial score (nSPS) is 10.6. The molecule has 0 unspecified atom stereocenters. The number of primary amides is 1. The molecule has 4 nitrogen and oxygen atoms in total. The lowest BCUT2D eigenvalue weighted by atomic mass is 10.2. The summed E-state index contributed by atoms with van der Waals surface area (Å²) in [6.07, 6.45) is 1.11. The second kappa shape index (κ2) is 5.09. The van der Waals surface area contributed by atoms with Crippen LogP contribution < -0.4 is 11.2 Å². The van der Waals surface area contributed by atoms with Crippen molar-refractivity contribution in [3.63, 3.8) is 0 Å². The minimum Gasteiger partial charge on any atom is -0.350 e. The molecule has 0 saturated carbocycles. The third-order valence-electron chi connectivity index (χ3n) is 1.44. The molecule has 1 aromatic rings. The zero-order chi connectivity index (χ0) is 11.4. The predicted molar refractivity (Wildman–Crippen MR) is 59.4 cm³/mol. The van der Waals surface area contributed by atoms with Crippen LogP contribution in [0.3, 0.4) is 0 Å². The molecule has 80 valence electrons. The highest BCUT2D eigenvalue weighted by Crippen LogP contribution is 2.26. The van der Waals surface area contributed by atoms with Crippen LogP contribution in [0, 0.1) is 5.82 Å². The number of nitrogens with zero attached hydrogens (tertiary/aromatic N) is 1. The van der Waals surface area contributed by atoms with Gasteiger partial charge in [0.25, 0.3) is 0 Å². The Balaban J connectivity index is 2.92. The van der Waals surface area contributed by atoms with Crippen LogP contribution in [0.1, 0.15) is 5.56 Å². The lowest BCUT2D eigenvalue weighted by Gasteiger charge is -2.00. The topological polar surface area (TPSA) is 67.5 Å². The Morgan fingerprint density at radius 3 is 2.93 bits per heavy atom. The number of hydrazone groups is 1. The van der Waals surface area contributed by atoms with E-state index in [0.29, 0.717) is 4.47 Å². The second-order valence-electron chi connectivity index (χ2n) is 2.50. The van der Waals surface area contributed by atoms with Crippen molar-refractivity contribution < 1.29 is 9.18 Å². The summed E-state index contributed by atoms with van der Waals surface area (Å²) in [6, 6.07) is 2.20. The molecule has 0 aromatic heterocycles. The molecule has 0 aliphatic carbocycles. The van der Waals surface area contributed by atoms with Gasteiger partial charge in [0.05, 0.1) is 11.2 Å². The monoisotopic (exact) mass is 293 g/mol. The van der Waals surface area contributed by atoms with E-state index in [4.69, 9.17) is 17.3 Å². The first-order valence-corrected chi connectivity index (χ1v) is 4.91. The fraction of sp³-hybridized carbons (Fsp3) is 0. The number of urea groups is 1. The summed E-state index contributed by atoms with van der Waals surface area (Å²) in [5.74, 6) is -0.624. The third-order valence-corrected chi connectivity index (χ3v) is 2.70. The molecule has 0 fully saturated rings. The molecule has 2 amide bonds. The Hall–Kier alpha value is -1.14. The Labute approximate surface area is 98.4 Å². The number of amides is 2. The number of hydrogen-bond acceptors (Lipinski definition) is 2. The van der Waals surface area contributed by atoms with Gasteiger partial charge < -0.3 is 5.73 Å². The Bertz CT molecular complexity index is 425. The van der Waals surface area contributed by atoms with Crippen molar-refractivity contribution in [2.45, 2.75) is 0 Å². The number of nitrogens with two attached hydrogens (primary N) is 1. The van der Waals surface area contributed by atoms with E-state index < -0.39 is 11.8 Å². The summed E-state index contributed by atoms with van der Waals surface area (Å²) in [4.78, 5) is 10.3. The summed E-state index contributed by atoms with van der Waals surface area (Å²) < 4.78 is 13.8. The van der Waals surface area contributed by atoms with E-state index in [2.05, 4.69) is 21.0 Å². The Kier molecular flexibility index (Phi) is 4.05. The lowest BCUT2D eigenvalue weighted by molar-refractivity contribution is 0.249. The van der Waals surface area contributed by atoms with Gasteiger partial charge in [-0.05, 0) is 28.1 Å². The summed E-state index contributed by atoms with van der Waals surface area (Å²) in [7, 11) is 0. The van der Waals surface area contributed by atoms with Crippen LogP contribution in [0.15, 0.2) is 21.7 Å². The first-order valence-electron chi connectivity index (χ1n) is 3.74. The Morgan fingerprint density at radius 1 is 1.67 bits per heavy atom. The number of halogens is 3. The van der Waals surface area contributed by atoms with E-state index in [1.165, 1.54) is 6.07 Å². The van der Waals surface area contributed by atoms with E-state index in [1.54, 1.807) is 6.07 Å². The number of benzene rings is 1. The van der Waals surface area contributed by atoms with Crippen LogP contribution >= 0.6 is 27.5 Å². The first-order chi connectivity index (χ1) is 7.02. The van der Waals surface area contributed by atoms with E-state index in [-0.39, 0.29) is 10.6 Å². The molecule has 0 bridgehead atoms. The van der Waals surface area contributed by atoms with Crippen molar-refractivity contribution >= 4 is 39.8 Å². The molecule has 0 aliphatic rings. The van der Waals surface area contributed by atoms with Gasteiger partial charge in [-0.1, -0.05) is 11.6 Å². The number of nitrogens with one attached hydrogen (secondary N) is 1. The maximum absolute atomic E-state index is 13.4. The molecule has 1 rings (SSSR count). The van der Waals surface area contributed by atoms with Gasteiger partial charge in [0.1, 0.15) is 0 Å². The van der Waals surface area contributed by atoms with E-state index >= 15 is 0 Å². The van der Waals surface area contributed by atoms with Crippen molar-refractivity contribution in [3.05, 3.63) is 33.0 Å². The summed E-state index contributed by atoms with van der Waals surface area (Å²) >= 11 is 8.69. The molecule has 3 N–H and O–H groups in total. The van der Waals surface area contributed by atoms with Gasteiger partial charge in [-0.2, -0.15) is 5.10 Å². The van der Waals surface area contributed by atoms with Crippen molar-refractivity contribution in [1.29, 1.82) is 0 Å². The van der Waals surface area contributed by atoms with E-state index in [1.807, 2.05) is 5.43 Å². The number of carbonyl (C=O) groups is 1. The highest BCUT2D eigenvalue weighted by Gasteiger charge is 2.08. The van der Waals surface area contributed by atoms with Crippen LogP contribution in [-0.4, -0.2) is 12.2 Å². The summed E-state index contributed by atoms with van der Waals surface area (Å²) in [5, 5.41) is 3.37. The standard InChI is InChI=1S/C8H6BrClFN3O/c9-5-2-1-4(7(11)6(5)10)3-13-14-8(12)15/h1-3H,(H3,12,14,15). The van der Waals surface area contributed by atoms with Gasteiger partial charge in [-0.15, -0.1) is 0 Å². The fourth-order valence-corrected chi connectivity index (χ4v) is 1.28. The predicted octanol–water partition coefficient (Wildman–Crippen LogP) is 2.24. The molecule has 7 heteroatoms. The summed E-state index contributed by atoms with van der Waals surface area (Å²) in [5.41, 5.74) is 6.85. The summed E-state index contributed by atoms with van der Waals surface area (Å²) in [6.45, 7) is 0. The quantitative estimate of drug-likeness (QED) is 0.490. The molecule has 0 heterocycles. The van der Waals surface area contributed by atoms with Gasteiger partial charge in [-0.25, -0.2) is 14.6 Å². The Morgan fingerprint density at radius 2 is 2.33 bits per heavy atom. The largest absolute Gasteiger partial charge is 0.350 e. The van der Waals surface area contributed by atoms with Gasteiger partial charge >= 0.3 is 6.03 Å². The maximum atomic E-state index is 13.4. The number of rotatable bonds is 2. The van der Waals surface area contributed by atoms with Crippen LogP contribution in [0.2, 0.25) is 5.02 Å². The molecular weight excluding hydrogens is 288 g/mol. The highest BCUT2D eigenvalue weighted by atomic mass is 79.9. The van der Waals surface area contributed by atoms with Crippen LogP contribution in [0.4, 0.5) is 9.18 Å². The highest BCUT2D eigenvalue weighted by molar-refractivity contribution is 9.10. The van der Waals surface area contributed by atoms with E-state index in [9.17, 15) is 9.18 Å². The van der Waals surface area contributed by atoms with Crippen LogP contribution in [-0.2, 0) is 0 Å². The van der Waals surface area contributed by atoms with Gasteiger partial charge in [-0.3, -0.25) is 0 Å². The molecule has 0 saturated heterocycles. The second-order valence-corrected chi connectivity index (χ2v) is 3.73. The number of carbonyl (C=O) groups excluding carboxylic acids is 1. The molecule has 15 heavy (non-hydrogen) atoms. The fourth-order valence-electron chi connectivity index (χ4n) is 0.806. The molecule has 1 aromatic carbocycles. The molecular formula is C8H6BrClFN3O. The minimum absolute atomic E-state index is 0.0435. The van der Waals surface area contributed by atoms with Crippen molar-refractivity contribution in [1.82, 2.24) is 5.43 Å². The molecule has 0 atom stereocenters. The zero-order valence-electron chi connectivity index (χ0n) is 7.30. The van der Waals surface area contributed by atoms with Crippen LogP contribution in [0.25, 0.3) is 0 Å². The first kappa shape index (κ1) is 11.9. The number of hydrogen-bond donors (Lipinski definition) is 2. The van der Waals surface area contributed by atoms with Gasteiger partial charge in [0.2, 0.25) is 0 Å². The average Bonchev–Trinajstić information content (AvgIpc) is 2.18. The van der Waals surface area contributed by atoms with Crippen molar-refractivity contribution in [2.24, 2.45) is 10.8 Å². The smallest absolute Gasteiger partial charge is 0.332 e. The maximum Gasteiger partial charge on any atom is 0.332 e. The molecule has 0 aliphatic heterocycles. The van der Waals surface area contributed by atoms with Crippen molar-refractivity contribution in [2.75, 3.05) is 0 Å². The van der Waals surface area contributed by atoms with Crippen LogP contribution in [0.5, 0.6) is 0 Å². The van der Waals surface area contributed by atoms with Gasteiger partial charge in [0.15, 0.2) is 5.82 Å². The third kappa shape index (κ3) is 3.17. The minimum atomic E-state index is -0.824. The molecule has 0 radical (unpaired) electrons.